The number of aromatic nitrogens is 3. The summed E-state index contributed by atoms with van der Waals surface area (Å²) in [7, 11) is -0.373. The molecule has 11 heteroatoms. The number of carbonyl (C=O) groups is 1. The molecule has 0 fully saturated rings. The molecule has 0 atom stereocenters. The molecule has 0 amide bonds. The fourth-order valence-electron chi connectivity index (χ4n) is 3.64. The molecule has 4 aromatic rings. The minimum absolute atomic E-state index is 0.0746. The second-order valence-corrected chi connectivity index (χ2v) is 16.7. The van der Waals surface area contributed by atoms with Crippen molar-refractivity contribution in [3.8, 4) is 22.2 Å². The summed E-state index contributed by atoms with van der Waals surface area (Å²) in [6.07, 6.45) is 1.62. The highest BCUT2D eigenvalue weighted by atomic mass is 35.5. The Labute approximate surface area is 232 Å². The Kier molecular flexibility index (Phi) is 8.27. The van der Waals surface area contributed by atoms with Gasteiger partial charge < -0.3 is 18.6 Å². The van der Waals surface area contributed by atoms with Crippen molar-refractivity contribution in [2.24, 2.45) is 0 Å². The van der Waals surface area contributed by atoms with Crippen LogP contribution in [0.4, 0.5) is 4.79 Å². The second-order valence-electron chi connectivity index (χ2n) is 10.5. The monoisotopic (exact) mass is 573 g/mol. The number of carbonyl (C=O) groups excluding carboxylic acids is 1. The number of fused-ring (bicyclic) bond motifs is 2. The summed E-state index contributed by atoms with van der Waals surface area (Å²) in [6.45, 7) is 13.9. The SMILES string of the molecule is COc1cnc2c(-c3nc4c(C)cc(OCCOC(=O)Cl)cc4s3)cc(CO[Si](C)(C)C(C)(C)C)cc2n1. The van der Waals surface area contributed by atoms with E-state index in [4.69, 9.17) is 35.2 Å². The Morgan fingerprint density at radius 2 is 1.84 bits per heavy atom. The summed E-state index contributed by atoms with van der Waals surface area (Å²) in [5.41, 5.74) is 4.39. The van der Waals surface area contributed by atoms with Crippen LogP contribution in [0.5, 0.6) is 11.6 Å². The number of halogens is 1. The number of ether oxygens (including phenoxy) is 3. The summed E-state index contributed by atoms with van der Waals surface area (Å²) >= 11 is 6.76. The van der Waals surface area contributed by atoms with Crippen LogP contribution in [0.15, 0.2) is 30.5 Å². The van der Waals surface area contributed by atoms with E-state index in [1.807, 2.05) is 25.1 Å². The van der Waals surface area contributed by atoms with E-state index in [1.54, 1.807) is 24.6 Å². The van der Waals surface area contributed by atoms with E-state index in [-0.39, 0.29) is 18.3 Å². The van der Waals surface area contributed by atoms with E-state index in [9.17, 15) is 4.79 Å². The van der Waals surface area contributed by atoms with Gasteiger partial charge in [-0.2, -0.15) is 0 Å². The molecule has 0 unspecified atom stereocenters. The van der Waals surface area contributed by atoms with Crippen molar-refractivity contribution in [2.45, 2.75) is 52.4 Å². The molecule has 0 spiro atoms. The summed E-state index contributed by atoms with van der Waals surface area (Å²) in [5.74, 6) is 1.12. The first kappa shape index (κ1) is 28.2. The molecule has 202 valence electrons. The van der Waals surface area contributed by atoms with Crippen molar-refractivity contribution in [3.05, 3.63) is 41.6 Å². The van der Waals surface area contributed by atoms with E-state index in [2.05, 4.69) is 49.9 Å². The Morgan fingerprint density at radius 3 is 2.53 bits per heavy atom. The van der Waals surface area contributed by atoms with E-state index in [1.165, 1.54) is 0 Å². The fourth-order valence-corrected chi connectivity index (χ4v) is 5.76. The van der Waals surface area contributed by atoms with Crippen LogP contribution in [0.2, 0.25) is 18.1 Å². The van der Waals surface area contributed by atoms with Gasteiger partial charge in [-0.15, -0.1) is 11.3 Å². The Balaban J connectivity index is 1.72. The van der Waals surface area contributed by atoms with Crippen LogP contribution in [0.3, 0.4) is 0 Å². The average Bonchev–Trinajstić information content (AvgIpc) is 3.28. The molecule has 2 aromatic carbocycles. The lowest BCUT2D eigenvalue weighted by Gasteiger charge is -2.36. The Bertz CT molecular complexity index is 1490. The lowest BCUT2D eigenvalue weighted by molar-refractivity contribution is 0.147. The van der Waals surface area contributed by atoms with Gasteiger partial charge in [-0.3, -0.25) is 0 Å². The lowest BCUT2D eigenvalue weighted by atomic mass is 10.1. The summed E-state index contributed by atoms with van der Waals surface area (Å²) in [5, 5.41) is 0.932. The molecule has 0 aliphatic heterocycles. The third kappa shape index (κ3) is 6.26. The number of thiazole rings is 1. The van der Waals surface area contributed by atoms with Crippen LogP contribution in [0.25, 0.3) is 31.8 Å². The minimum atomic E-state index is -1.95. The molecule has 38 heavy (non-hydrogen) atoms. The maximum Gasteiger partial charge on any atom is 0.403 e. The highest BCUT2D eigenvalue weighted by molar-refractivity contribution is 7.21. The first-order valence-corrected chi connectivity index (χ1v) is 16.3. The molecule has 0 aliphatic rings. The summed E-state index contributed by atoms with van der Waals surface area (Å²) < 4.78 is 23.3. The van der Waals surface area contributed by atoms with Crippen molar-refractivity contribution < 1.29 is 23.4 Å². The van der Waals surface area contributed by atoms with Crippen LogP contribution in [0, 0.1) is 6.92 Å². The van der Waals surface area contributed by atoms with Gasteiger partial charge in [-0.1, -0.05) is 20.8 Å². The molecule has 0 saturated heterocycles. The molecule has 0 aliphatic carbocycles. The zero-order valence-electron chi connectivity index (χ0n) is 22.7. The molecule has 2 aromatic heterocycles. The van der Waals surface area contributed by atoms with Gasteiger partial charge in [0, 0.05) is 17.2 Å². The Morgan fingerprint density at radius 1 is 1.08 bits per heavy atom. The van der Waals surface area contributed by atoms with Crippen LogP contribution in [-0.2, 0) is 15.8 Å². The molecule has 0 bridgehead atoms. The molecule has 0 saturated carbocycles. The third-order valence-corrected chi connectivity index (χ3v) is 12.4. The first-order valence-electron chi connectivity index (χ1n) is 12.2. The maximum absolute atomic E-state index is 10.8. The van der Waals surface area contributed by atoms with Crippen LogP contribution in [0.1, 0.15) is 31.9 Å². The number of rotatable bonds is 9. The van der Waals surface area contributed by atoms with Gasteiger partial charge in [0.2, 0.25) is 5.88 Å². The van der Waals surface area contributed by atoms with E-state index in [0.29, 0.717) is 18.2 Å². The van der Waals surface area contributed by atoms with Gasteiger partial charge in [-0.05, 0) is 60.4 Å². The lowest BCUT2D eigenvalue weighted by Crippen LogP contribution is -2.40. The van der Waals surface area contributed by atoms with Crippen molar-refractivity contribution in [3.63, 3.8) is 0 Å². The second kappa shape index (κ2) is 11.1. The molecule has 2 heterocycles. The smallest absolute Gasteiger partial charge is 0.403 e. The fraction of sp³-hybridized carbons (Fsp3) is 0.407. The Hall–Kier alpha value is -2.79. The molecular weight excluding hydrogens is 542 g/mol. The van der Waals surface area contributed by atoms with Crippen LogP contribution >= 0.6 is 22.9 Å². The summed E-state index contributed by atoms with van der Waals surface area (Å²) in [4.78, 5) is 25.1. The van der Waals surface area contributed by atoms with Gasteiger partial charge in [0.15, 0.2) is 8.32 Å². The van der Waals surface area contributed by atoms with Gasteiger partial charge in [0.05, 0.1) is 41.2 Å². The van der Waals surface area contributed by atoms with Crippen molar-refractivity contribution >= 4 is 57.9 Å². The van der Waals surface area contributed by atoms with Crippen LogP contribution in [-0.4, -0.2) is 49.0 Å². The zero-order chi connectivity index (χ0) is 27.7. The van der Waals surface area contributed by atoms with Crippen molar-refractivity contribution in [1.29, 1.82) is 0 Å². The van der Waals surface area contributed by atoms with Gasteiger partial charge in [0.1, 0.15) is 24.0 Å². The quantitative estimate of drug-likeness (QED) is 0.115. The first-order chi connectivity index (χ1) is 17.9. The van der Waals surface area contributed by atoms with Gasteiger partial charge in [-0.25, -0.2) is 19.7 Å². The highest BCUT2D eigenvalue weighted by Crippen LogP contribution is 2.39. The van der Waals surface area contributed by atoms with Crippen LogP contribution < -0.4 is 9.47 Å². The predicted octanol–water partition coefficient (Wildman–Crippen LogP) is 7.50. The average molecular weight is 574 g/mol. The third-order valence-electron chi connectivity index (χ3n) is 6.76. The predicted molar refractivity (Wildman–Crippen MR) is 154 cm³/mol. The van der Waals surface area contributed by atoms with E-state index >= 15 is 0 Å². The zero-order valence-corrected chi connectivity index (χ0v) is 25.2. The number of aryl methyl sites for hydroxylation is 1. The van der Waals surface area contributed by atoms with Gasteiger partial charge >= 0.3 is 5.43 Å². The molecule has 4 rings (SSSR count). The van der Waals surface area contributed by atoms with Crippen molar-refractivity contribution in [2.75, 3.05) is 20.3 Å². The summed E-state index contributed by atoms with van der Waals surface area (Å²) in [6, 6.07) is 7.97. The van der Waals surface area contributed by atoms with Gasteiger partial charge in [0.25, 0.3) is 0 Å². The number of nitrogens with zero attached hydrogens (tertiary/aromatic N) is 3. The van der Waals surface area contributed by atoms with E-state index < -0.39 is 13.7 Å². The number of benzene rings is 2. The van der Waals surface area contributed by atoms with E-state index in [0.717, 1.165) is 42.9 Å². The van der Waals surface area contributed by atoms with Crippen molar-refractivity contribution in [1.82, 2.24) is 15.0 Å². The maximum atomic E-state index is 10.8. The largest absolute Gasteiger partial charge is 0.490 e. The molecular formula is C27H32ClN3O5SSi. The molecule has 8 nitrogen and oxygen atoms in total. The standard InChI is InChI=1S/C27H32ClN3O5SSi/c1-16-10-18(34-8-9-35-26(28)32)13-21-23(16)31-25(37-21)19-11-17(15-36-38(6,7)27(2,3)4)12-20-24(19)29-14-22(30-20)33-5/h10-14H,8-9,15H2,1-7H3. The highest BCUT2D eigenvalue weighted by Gasteiger charge is 2.37. The number of hydrogen-bond acceptors (Lipinski definition) is 9. The number of hydrogen-bond donors (Lipinski definition) is 0. The molecule has 0 radical (unpaired) electrons. The topological polar surface area (TPSA) is 92.7 Å². The number of methoxy groups -OCH3 is 1. The normalized spacial score (nSPS) is 12.2. The molecule has 0 N–H and O–H groups in total. The minimum Gasteiger partial charge on any atom is -0.490 e.